The van der Waals surface area contributed by atoms with Gasteiger partial charge in [-0.25, -0.2) is 9.69 Å². The lowest BCUT2D eigenvalue weighted by Gasteiger charge is -2.43. The summed E-state index contributed by atoms with van der Waals surface area (Å²) in [6.45, 7) is 6.10. The molecule has 2 aliphatic rings. The van der Waals surface area contributed by atoms with Crippen molar-refractivity contribution in [1.82, 2.24) is 25.2 Å². The molecule has 8 heteroatoms. The van der Waals surface area contributed by atoms with E-state index in [0.29, 0.717) is 29.7 Å². The fourth-order valence-corrected chi connectivity index (χ4v) is 4.88. The van der Waals surface area contributed by atoms with E-state index in [2.05, 4.69) is 36.4 Å². The number of aromatic nitrogens is 3. The molecule has 1 saturated heterocycles. The predicted molar refractivity (Wildman–Crippen MR) is 98.7 cm³/mol. The molecule has 1 aromatic heterocycles. The molecule has 0 radical (unpaired) electrons. The zero-order valence-corrected chi connectivity index (χ0v) is 15.7. The van der Waals surface area contributed by atoms with Gasteiger partial charge >= 0.3 is 6.03 Å². The van der Waals surface area contributed by atoms with Gasteiger partial charge in [-0.1, -0.05) is 38.1 Å². The zero-order valence-electron chi connectivity index (χ0n) is 15.7. The van der Waals surface area contributed by atoms with Crippen molar-refractivity contribution in [3.63, 3.8) is 0 Å². The fraction of sp³-hybridized carbons (Fsp3) is 0.526. The van der Waals surface area contributed by atoms with Crippen LogP contribution in [0.25, 0.3) is 10.9 Å². The minimum atomic E-state index is -0.897. The first kappa shape index (κ1) is 17.6. The van der Waals surface area contributed by atoms with Gasteiger partial charge in [0.05, 0.1) is 5.39 Å². The Kier molecular flexibility index (Phi) is 3.83. The minimum Gasteiger partial charge on any atom is -0.323 e. The molecule has 3 amide bonds. The van der Waals surface area contributed by atoms with Gasteiger partial charge in [0.25, 0.3) is 11.5 Å². The number of amides is 3. The molecule has 8 nitrogen and oxygen atoms in total. The van der Waals surface area contributed by atoms with Gasteiger partial charge in [0.1, 0.15) is 17.7 Å². The molecular formula is C19H23N5O3. The maximum Gasteiger partial charge on any atom is 0.326 e. The van der Waals surface area contributed by atoms with E-state index in [4.69, 9.17) is 0 Å². The van der Waals surface area contributed by atoms with Gasteiger partial charge in [-0.05, 0) is 42.7 Å². The summed E-state index contributed by atoms with van der Waals surface area (Å²) in [5.74, 6) is 0.0371. The zero-order chi connectivity index (χ0) is 19.4. The molecule has 2 atom stereocenters. The highest BCUT2D eigenvalue weighted by atomic mass is 16.2. The first-order valence-electron chi connectivity index (χ1n) is 9.17. The number of rotatable bonds is 2. The summed E-state index contributed by atoms with van der Waals surface area (Å²) < 4.78 is 1.07. The lowest BCUT2D eigenvalue weighted by atomic mass is 9.64. The normalized spacial score (nSPS) is 27.4. The number of carbonyl (C=O) groups is 2. The molecule has 2 aromatic rings. The van der Waals surface area contributed by atoms with Crippen LogP contribution in [0.3, 0.4) is 0 Å². The fourth-order valence-electron chi connectivity index (χ4n) is 4.88. The Balaban J connectivity index is 1.66. The van der Waals surface area contributed by atoms with Crippen LogP contribution in [0.5, 0.6) is 0 Å². The molecule has 1 aliphatic heterocycles. The summed E-state index contributed by atoms with van der Waals surface area (Å²) in [4.78, 5) is 39.5. The van der Waals surface area contributed by atoms with Gasteiger partial charge in [0, 0.05) is 0 Å². The van der Waals surface area contributed by atoms with Crippen LogP contribution in [0.4, 0.5) is 4.79 Å². The van der Waals surface area contributed by atoms with Crippen molar-refractivity contribution >= 4 is 22.8 Å². The number of urea groups is 1. The second-order valence-electron chi connectivity index (χ2n) is 8.65. The van der Waals surface area contributed by atoms with Crippen molar-refractivity contribution in [2.24, 2.45) is 11.3 Å². The maximum atomic E-state index is 13.2. The molecule has 27 heavy (non-hydrogen) atoms. The highest BCUT2D eigenvalue weighted by Crippen LogP contribution is 2.46. The van der Waals surface area contributed by atoms with Crippen LogP contribution >= 0.6 is 0 Å². The van der Waals surface area contributed by atoms with E-state index in [-0.39, 0.29) is 23.6 Å². The number of imide groups is 1. The minimum absolute atomic E-state index is 0.0454. The highest BCUT2D eigenvalue weighted by Gasteiger charge is 2.56. The smallest absolute Gasteiger partial charge is 0.323 e. The van der Waals surface area contributed by atoms with E-state index in [9.17, 15) is 14.4 Å². The van der Waals surface area contributed by atoms with Crippen molar-refractivity contribution < 1.29 is 9.59 Å². The Morgan fingerprint density at radius 2 is 1.93 bits per heavy atom. The van der Waals surface area contributed by atoms with Gasteiger partial charge in [-0.3, -0.25) is 9.59 Å². The van der Waals surface area contributed by atoms with E-state index < -0.39 is 11.6 Å². The maximum absolute atomic E-state index is 13.2. The van der Waals surface area contributed by atoms with Crippen LogP contribution in [0, 0.1) is 11.3 Å². The van der Waals surface area contributed by atoms with Crippen LogP contribution in [0.1, 0.15) is 40.0 Å². The number of benzene rings is 1. The Morgan fingerprint density at radius 3 is 2.67 bits per heavy atom. The second kappa shape index (κ2) is 5.87. The number of hydrogen-bond donors (Lipinski definition) is 1. The lowest BCUT2D eigenvalue weighted by Crippen LogP contribution is -2.54. The third-order valence-electron chi connectivity index (χ3n) is 5.53. The molecule has 1 aliphatic carbocycles. The van der Waals surface area contributed by atoms with E-state index in [0.717, 1.165) is 16.0 Å². The van der Waals surface area contributed by atoms with E-state index >= 15 is 0 Å². The number of nitrogens with one attached hydrogen (secondary N) is 1. The first-order chi connectivity index (χ1) is 12.7. The number of hydrogen-bond acceptors (Lipinski definition) is 5. The molecule has 1 aromatic carbocycles. The molecule has 2 heterocycles. The summed E-state index contributed by atoms with van der Waals surface area (Å²) in [6.07, 6.45) is 2.20. The molecule has 0 unspecified atom stereocenters. The SMILES string of the molecule is C[C@H]1CC(C)(C)C[C@]2(C1)NC(=O)N(Cn1nnc3ccccc3c1=O)C2=O. The largest absolute Gasteiger partial charge is 0.326 e. The van der Waals surface area contributed by atoms with Crippen molar-refractivity contribution in [2.45, 2.75) is 52.2 Å². The number of nitrogens with zero attached hydrogens (tertiary/aromatic N) is 4. The van der Waals surface area contributed by atoms with Crippen LogP contribution in [-0.2, 0) is 11.5 Å². The molecule has 4 rings (SSSR count). The Bertz CT molecular complexity index is 998. The lowest BCUT2D eigenvalue weighted by molar-refractivity contribution is -0.136. The number of carbonyl (C=O) groups excluding carboxylic acids is 2. The van der Waals surface area contributed by atoms with Crippen molar-refractivity contribution in [2.75, 3.05) is 0 Å². The molecule has 2 fully saturated rings. The van der Waals surface area contributed by atoms with Crippen LogP contribution in [0.15, 0.2) is 29.1 Å². The Labute approximate surface area is 156 Å². The third kappa shape index (κ3) is 2.89. The van der Waals surface area contributed by atoms with Gasteiger partial charge < -0.3 is 5.32 Å². The van der Waals surface area contributed by atoms with Gasteiger partial charge in [-0.2, -0.15) is 4.68 Å². The molecule has 1 saturated carbocycles. The molecule has 0 bridgehead atoms. The third-order valence-corrected chi connectivity index (χ3v) is 5.53. The number of fused-ring (bicyclic) bond motifs is 1. The average Bonchev–Trinajstić information content (AvgIpc) is 2.79. The van der Waals surface area contributed by atoms with Gasteiger partial charge in [-0.15, -0.1) is 5.10 Å². The van der Waals surface area contributed by atoms with Crippen molar-refractivity contribution in [1.29, 1.82) is 0 Å². The summed E-state index contributed by atoms with van der Waals surface area (Å²) in [5, 5.41) is 11.2. The second-order valence-corrected chi connectivity index (χ2v) is 8.65. The summed E-state index contributed by atoms with van der Waals surface area (Å²) in [5.41, 5.74) is -0.836. The van der Waals surface area contributed by atoms with Gasteiger partial charge in [0.2, 0.25) is 0 Å². The van der Waals surface area contributed by atoms with E-state index in [1.54, 1.807) is 24.3 Å². The first-order valence-corrected chi connectivity index (χ1v) is 9.17. The Hall–Kier alpha value is -2.77. The molecule has 1 spiro atoms. The van der Waals surface area contributed by atoms with E-state index in [1.807, 2.05) is 0 Å². The van der Waals surface area contributed by atoms with Crippen molar-refractivity contribution in [3.8, 4) is 0 Å². The summed E-state index contributed by atoms with van der Waals surface area (Å²) in [6, 6.07) is 6.38. The van der Waals surface area contributed by atoms with Gasteiger partial charge in [0.15, 0.2) is 0 Å². The topological polar surface area (TPSA) is 97.2 Å². The average molecular weight is 369 g/mol. The summed E-state index contributed by atoms with van der Waals surface area (Å²) in [7, 11) is 0. The van der Waals surface area contributed by atoms with Crippen molar-refractivity contribution in [3.05, 3.63) is 34.6 Å². The predicted octanol–water partition coefficient (Wildman–Crippen LogP) is 1.89. The monoisotopic (exact) mass is 369 g/mol. The quantitative estimate of drug-likeness (QED) is 0.815. The van der Waals surface area contributed by atoms with Crippen LogP contribution in [-0.4, -0.2) is 37.4 Å². The van der Waals surface area contributed by atoms with E-state index in [1.165, 1.54) is 0 Å². The molecule has 1 N–H and O–H groups in total. The molecular weight excluding hydrogens is 346 g/mol. The molecule has 142 valence electrons. The van der Waals surface area contributed by atoms with Crippen LogP contribution in [0.2, 0.25) is 0 Å². The Morgan fingerprint density at radius 1 is 1.19 bits per heavy atom. The summed E-state index contributed by atoms with van der Waals surface area (Å²) >= 11 is 0. The standard InChI is InChI=1S/C19H23N5O3/c1-12-8-18(2,3)10-19(9-12)16(26)23(17(27)20-19)11-24-15(25)13-6-4-5-7-14(13)21-22-24/h4-7,12H,8-11H2,1-3H3,(H,20,27)/t12-,19-/m0/s1. The highest BCUT2D eigenvalue weighted by molar-refractivity contribution is 6.06. The van der Waals surface area contributed by atoms with Crippen LogP contribution < -0.4 is 10.9 Å².